The van der Waals surface area contributed by atoms with Crippen molar-refractivity contribution in [1.82, 2.24) is 4.90 Å². The summed E-state index contributed by atoms with van der Waals surface area (Å²) in [6.07, 6.45) is 0.322. The third kappa shape index (κ3) is 3.79. The van der Waals surface area contributed by atoms with E-state index in [4.69, 9.17) is 4.74 Å². The zero-order valence-corrected chi connectivity index (χ0v) is 14.9. The van der Waals surface area contributed by atoms with Crippen molar-refractivity contribution in [3.63, 3.8) is 0 Å². The molecule has 0 radical (unpaired) electrons. The largest absolute Gasteiger partial charge is 0.467 e. The van der Waals surface area contributed by atoms with Gasteiger partial charge in [0.15, 0.2) is 0 Å². The lowest BCUT2D eigenvalue weighted by atomic mass is 10.0. The Bertz CT molecular complexity index is 855. The van der Waals surface area contributed by atoms with Crippen LogP contribution in [0.1, 0.15) is 39.1 Å². The number of fused-ring (bicyclic) bond motifs is 1. The molecule has 1 aliphatic heterocycles. The van der Waals surface area contributed by atoms with Gasteiger partial charge in [0.2, 0.25) is 0 Å². The molecule has 1 aliphatic rings. The fourth-order valence-electron chi connectivity index (χ4n) is 3.19. The van der Waals surface area contributed by atoms with Crippen LogP contribution in [0.4, 0.5) is 0 Å². The number of methoxy groups -OCH3 is 1. The maximum atomic E-state index is 12.6. The lowest BCUT2D eigenvalue weighted by molar-refractivity contribution is -0.145. The SMILES string of the molecule is COC(=O)[C@H](CCC(=O)Cc1ccccc1)N1C(=O)c2ccccc2C1=O. The van der Waals surface area contributed by atoms with Gasteiger partial charge in [0.05, 0.1) is 18.2 Å². The number of Topliss-reactive ketones (excluding diaryl/α,β-unsaturated/α-hetero) is 1. The summed E-state index contributed by atoms with van der Waals surface area (Å²) < 4.78 is 4.77. The van der Waals surface area contributed by atoms with Crippen LogP contribution in [0.15, 0.2) is 54.6 Å². The predicted molar refractivity (Wildman–Crippen MR) is 97.1 cm³/mol. The second kappa shape index (κ2) is 7.95. The van der Waals surface area contributed by atoms with Gasteiger partial charge in [-0.3, -0.25) is 19.3 Å². The van der Waals surface area contributed by atoms with Crippen LogP contribution in [0, 0.1) is 0 Å². The molecule has 6 heteroatoms. The summed E-state index contributed by atoms with van der Waals surface area (Å²) in [6, 6.07) is 14.5. The topological polar surface area (TPSA) is 80.8 Å². The Morgan fingerprint density at radius 2 is 1.48 bits per heavy atom. The number of nitrogens with zero attached hydrogens (tertiary/aromatic N) is 1. The monoisotopic (exact) mass is 365 g/mol. The average Bonchev–Trinajstić information content (AvgIpc) is 2.94. The number of carbonyl (C=O) groups excluding carboxylic acids is 4. The van der Waals surface area contributed by atoms with E-state index < -0.39 is 23.8 Å². The Labute approximate surface area is 156 Å². The Morgan fingerprint density at radius 1 is 0.926 bits per heavy atom. The van der Waals surface area contributed by atoms with Crippen molar-refractivity contribution < 1.29 is 23.9 Å². The van der Waals surface area contributed by atoms with Crippen LogP contribution in [0.3, 0.4) is 0 Å². The first-order valence-corrected chi connectivity index (χ1v) is 8.63. The van der Waals surface area contributed by atoms with Crippen LogP contribution in [0.2, 0.25) is 0 Å². The van der Waals surface area contributed by atoms with Gasteiger partial charge < -0.3 is 4.74 Å². The number of esters is 1. The van der Waals surface area contributed by atoms with Gasteiger partial charge in [0.1, 0.15) is 11.8 Å². The van der Waals surface area contributed by atoms with Gasteiger partial charge in [0, 0.05) is 12.8 Å². The van der Waals surface area contributed by atoms with Gasteiger partial charge in [-0.1, -0.05) is 42.5 Å². The minimum absolute atomic E-state index is 0.0316. The summed E-state index contributed by atoms with van der Waals surface area (Å²) in [4.78, 5) is 50.7. The number of hydrogen-bond acceptors (Lipinski definition) is 5. The highest BCUT2D eigenvalue weighted by Crippen LogP contribution is 2.26. The van der Waals surface area contributed by atoms with Crippen LogP contribution in [-0.2, 0) is 20.7 Å². The fraction of sp³-hybridized carbons (Fsp3) is 0.238. The number of imide groups is 1. The van der Waals surface area contributed by atoms with E-state index in [2.05, 4.69) is 0 Å². The van der Waals surface area contributed by atoms with Gasteiger partial charge in [-0.2, -0.15) is 0 Å². The van der Waals surface area contributed by atoms with E-state index in [9.17, 15) is 19.2 Å². The molecule has 2 aromatic carbocycles. The smallest absolute Gasteiger partial charge is 0.329 e. The molecule has 0 spiro atoms. The second-order valence-electron chi connectivity index (χ2n) is 6.30. The molecule has 2 amide bonds. The highest BCUT2D eigenvalue weighted by Gasteiger charge is 2.43. The summed E-state index contributed by atoms with van der Waals surface area (Å²) in [5.41, 5.74) is 1.39. The summed E-state index contributed by atoms with van der Waals surface area (Å²) >= 11 is 0. The molecule has 0 aliphatic carbocycles. The Morgan fingerprint density at radius 3 is 2.04 bits per heavy atom. The van der Waals surface area contributed by atoms with E-state index in [1.165, 1.54) is 7.11 Å². The predicted octanol–water partition coefficient (Wildman–Crippen LogP) is 2.42. The molecule has 1 atom stereocenters. The van der Waals surface area contributed by atoms with Gasteiger partial charge in [-0.25, -0.2) is 4.79 Å². The van der Waals surface area contributed by atoms with Crippen molar-refractivity contribution >= 4 is 23.6 Å². The Balaban J connectivity index is 1.74. The number of rotatable bonds is 7. The van der Waals surface area contributed by atoms with Crippen molar-refractivity contribution in [2.75, 3.05) is 7.11 Å². The van der Waals surface area contributed by atoms with Crippen molar-refractivity contribution in [1.29, 1.82) is 0 Å². The van der Waals surface area contributed by atoms with Crippen molar-refractivity contribution in [2.24, 2.45) is 0 Å². The van der Waals surface area contributed by atoms with E-state index in [1.807, 2.05) is 30.3 Å². The number of carbonyl (C=O) groups is 4. The van der Waals surface area contributed by atoms with Crippen LogP contribution in [0.5, 0.6) is 0 Å². The first-order chi connectivity index (χ1) is 13.0. The number of ether oxygens (including phenoxy) is 1. The standard InChI is InChI=1S/C21H19NO5/c1-27-21(26)18(12-11-15(23)13-14-7-3-2-4-8-14)22-19(24)16-9-5-6-10-17(16)20(22)25/h2-10,18H,11-13H2,1H3/t18-/m0/s1. The number of amides is 2. The number of ketones is 1. The summed E-state index contributed by atoms with van der Waals surface area (Å²) in [5, 5.41) is 0. The molecule has 27 heavy (non-hydrogen) atoms. The molecule has 3 rings (SSSR count). The van der Waals surface area contributed by atoms with E-state index in [-0.39, 0.29) is 36.2 Å². The molecule has 0 bridgehead atoms. The van der Waals surface area contributed by atoms with Crippen LogP contribution in [-0.4, -0.2) is 41.6 Å². The highest BCUT2D eigenvalue weighted by molar-refractivity contribution is 6.22. The molecule has 0 aromatic heterocycles. The highest BCUT2D eigenvalue weighted by atomic mass is 16.5. The normalized spacial score (nSPS) is 14.0. The molecule has 0 N–H and O–H groups in total. The van der Waals surface area contributed by atoms with Crippen molar-refractivity contribution in [3.05, 3.63) is 71.3 Å². The maximum absolute atomic E-state index is 12.6. The average molecular weight is 365 g/mol. The maximum Gasteiger partial charge on any atom is 0.329 e. The van der Waals surface area contributed by atoms with Crippen LogP contribution >= 0.6 is 0 Å². The zero-order chi connectivity index (χ0) is 19.4. The van der Waals surface area contributed by atoms with E-state index in [0.717, 1.165) is 10.5 Å². The summed E-state index contributed by atoms with van der Waals surface area (Å²) in [6.45, 7) is 0. The zero-order valence-electron chi connectivity index (χ0n) is 14.9. The van der Waals surface area contributed by atoms with Crippen molar-refractivity contribution in [3.8, 4) is 0 Å². The lowest BCUT2D eigenvalue weighted by Crippen LogP contribution is -2.45. The molecular formula is C21H19NO5. The third-order valence-electron chi connectivity index (χ3n) is 4.55. The Kier molecular flexibility index (Phi) is 5.45. The minimum Gasteiger partial charge on any atom is -0.467 e. The van der Waals surface area contributed by atoms with Gasteiger partial charge in [-0.15, -0.1) is 0 Å². The Hall–Kier alpha value is -3.28. The van der Waals surface area contributed by atoms with Crippen LogP contribution in [0.25, 0.3) is 0 Å². The molecule has 2 aromatic rings. The molecule has 0 unspecified atom stereocenters. The molecule has 0 saturated carbocycles. The molecule has 138 valence electrons. The third-order valence-corrected chi connectivity index (χ3v) is 4.55. The lowest BCUT2D eigenvalue weighted by Gasteiger charge is -2.23. The van der Waals surface area contributed by atoms with E-state index in [0.29, 0.717) is 0 Å². The molecule has 0 saturated heterocycles. The number of hydrogen-bond donors (Lipinski definition) is 0. The van der Waals surface area contributed by atoms with E-state index >= 15 is 0 Å². The first-order valence-electron chi connectivity index (χ1n) is 8.63. The summed E-state index contributed by atoms with van der Waals surface area (Å²) in [5.74, 6) is -1.87. The van der Waals surface area contributed by atoms with Gasteiger partial charge in [0.25, 0.3) is 11.8 Å². The molecule has 6 nitrogen and oxygen atoms in total. The molecule has 0 fully saturated rings. The second-order valence-corrected chi connectivity index (χ2v) is 6.30. The fourth-order valence-corrected chi connectivity index (χ4v) is 3.19. The quantitative estimate of drug-likeness (QED) is 0.556. The first kappa shape index (κ1) is 18.5. The minimum atomic E-state index is -1.12. The molecular weight excluding hydrogens is 346 g/mol. The number of benzene rings is 2. The van der Waals surface area contributed by atoms with Gasteiger partial charge >= 0.3 is 5.97 Å². The van der Waals surface area contributed by atoms with Gasteiger partial charge in [-0.05, 0) is 24.1 Å². The van der Waals surface area contributed by atoms with Crippen LogP contribution < -0.4 is 0 Å². The van der Waals surface area contributed by atoms with Crippen molar-refractivity contribution in [2.45, 2.75) is 25.3 Å². The molecule has 1 heterocycles. The van der Waals surface area contributed by atoms with E-state index in [1.54, 1.807) is 24.3 Å². The summed E-state index contributed by atoms with van der Waals surface area (Å²) in [7, 11) is 1.19.